The van der Waals surface area contributed by atoms with E-state index in [9.17, 15) is 19.1 Å². The Morgan fingerprint density at radius 1 is 1.03 bits per heavy atom. The van der Waals surface area contributed by atoms with Crippen LogP contribution in [0.5, 0.6) is 0 Å². The quantitative estimate of drug-likeness (QED) is 0.237. The van der Waals surface area contributed by atoms with Crippen LogP contribution in [0.1, 0.15) is 31.8 Å². The molecule has 0 saturated carbocycles. The molecule has 0 aliphatic carbocycles. The Morgan fingerprint density at radius 3 is 2.37 bits per heavy atom. The minimum Gasteiger partial charge on any atom is -0.460 e. The molecule has 1 atom stereocenters. The maximum Gasteiger partial charge on any atom is 0.338 e. The Hall–Kier alpha value is -3.40. The van der Waals surface area contributed by atoms with Gasteiger partial charge in [0.15, 0.2) is 0 Å². The van der Waals surface area contributed by atoms with Crippen molar-refractivity contribution in [1.29, 1.82) is 0 Å². The molecular weight excluding hydrogens is 469 g/mol. The van der Waals surface area contributed by atoms with E-state index in [2.05, 4.69) is 10.0 Å². The molecule has 0 bridgehead atoms. The molecule has 0 aliphatic heterocycles. The lowest BCUT2D eigenvalue weighted by molar-refractivity contribution is 0.0331. The van der Waals surface area contributed by atoms with Crippen molar-refractivity contribution >= 4 is 29.5 Å². The van der Waals surface area contributed by atoms with Crippen molar-refractivity contribution in [3.05, 3.63) is 101 Å². The van der Waals surface area contributed by atoms with Gasteiger partial charge in [-0.25, -0.2) is 9.18 Å². The second kappa shape index (κ2) is 12.3. The summed E-state index contributed by atoms with van der Waals surface area (Å²) in [5.74, 6) is -1.43. The number of carbonyl (C=O) groups excluding carboxylic acids is 2. The third kappa shape index (κ3) is 7.81. The number of nitrogens with two attached hydrogens (primary N) is 1. The zero-order chi connectivity index (χ0) is 25.3. The van der Waals surface area contributed by atoms with Crippen molar-refractivity contribution in [1.82, 2.24) is 5.32 Å². The normalized spacial score (nSPS) is 12.5. The van der Waals surface area contributed by atoms with Gasteiger partial charge >= 0.3 is 5.97 Å². The molecular formula is C26H28FN3O4S. The molecule has 5 N–H and O–H groups in total. The summed E-state index contributed by atoms with van der Waals surface area (Å²) in [6.45, 7) is -0.380. The number of carbonyl (C=O) groups is 2. The minimum absolute atomic E-state index is 0.163. The summed E-state index contributed by atoms with van der Waals surface area (Å²) in [6, 6.07) is 19.8. The number of anilines is 1. The van der Waals surface area contributed by atoms with E-state index in [0.29, 0.717) is 12.1 Å². The summed E-state index contributed by atoms with van der Waals surface area (Å²) in [6.07, 6.45) is 2.13. The summed E-state index contributed by atoms with van der Waals surface area (Å²) in [5, 5.41) is 12.6. The van der Waals surface area contributed by atoms with Crippen LogP contribution in [0.3, 0.4) is 0 Å². The molecule has 184 valence electrons. The second-order valence-electron chi connectivity index (χ2n) is 8.17. The number of rotatable bonds is 11. The van der Waals surface area contributed by atoms with Gasteiger partial charge in [-0.15, -0.1) is 0 Å². The molecule has 1 unspecified atom stereocenters. The number of aliphatic hydroxyl groups excluding tert-OH is 1. The molecule has 7 nitrogen and oxygen atoms in total. The van der Waals surface area contributed by atoms with Crippen LogP contribution in [0.15, 0.2) is 72.8 Å². The van der Waals surface area contributed by atoms with Gasteiger partial charge in [-0.2, -0.15) is 0 Å². The maximum absolute atomic E-state index is 13.1. The fourth-order valence-electron chi connectivity index (χ4n) is 3.39. The Bertz CT molecular complexity index is 1150. The first-order valence-electron chi connectivity index (χ1n) is 10.9. The van der Waals surface area contributed by atoms with Gasteiger partial charge in [0.2, 0.25) is 0 Å². The van der Waals surface area contributed by atoms with Crippen LogP contribution in [0.2, 0.25) is 0 Å². The topological polar surface area (TPSA) is 114 Å². The van der Waals surface area contributed by atoms with Crippen LogP contribution in [-0.2, 0) is 17.7 Å². The molecule has 0 saturated heterocycles. The summed E-state index contributed by atoms with van der Waals surface area (Å²) in [4.78, 5) is 25.6. The van der Waals surface area contributed by atoms with Crippen molar-refractivity contribution in [2.24, 2.45) is 5.73 Å². The standard InChI is InChI=1S/C26H28FN3O4S/c1-35-30-23-12-20(24(32)29-15-19-7-9-22(27)10-8-19)11-21(13-23)25(33)34-17-26(28,16-31)14-18-5-3-2-4-6-18/h2-13,30-31H,14-17,28H2,1H3,(H,29,32). The molecule has 3 aromatic rings. The van der Waals surface area contributed by atoms with Gasteiger partial charge in [0.1, 0.15) is 12.4 Å². The van der Waals surface area contributed by atoms with E-state index in [1.807, 2.05) is 36.6 Å². The lowest BCUT2D eigenvalue weighted by Gasteiger charge is -2.27. The fraction of sp³-hybridized carbons (Fsp3) is 0.231. The average Bonchev–Trinajstić information content (AvgIpc) is 2.87. The van der Waals surface area contributed by atoms with E-state index >= 15 is 0 Å². The Kier molecular flexibility index (Phi) is 9.25. The fourth-order valence-corrected chi connectivity index (χ4v) is 3.74. The van der Waals surface area contributed by atoms with Gasteiger partial charge in [0.25, 0.3) is 5.91 Å². The number of halogens is 1. The largest absolute Gasteiger partial charge is 0.460 e. The zero-order valence-corrected chi connectivity index (χ0v) is 20.1. The van der Waals surface area contributed by atoms with Crippen molar-refractivity contribution in [3.8, 4) is 0 Å². The highest BCUT2D eigenvalue weighted by Crippen LogP contribution is 2.20. The van der Waals surface area contributed by atoms with Crippen LogP contribution in [0.4, 0.5) is 10.1 Å². The van der Waals surface area contributed by atoms with E-state index in [-0.39, 0.29) is 36.7 Å². The van der Waals surface area contributed by atoms with Crippen molar-refractivity contribution in [2.75, 3.05) is 24.2 Å². The number of esters is 1. The predicted molar refractivity (Wildman–Crippen MR) is 136 cm³/mol. The average molecular weight is 498 g/mol. The summed E-state index contributed by atoms with van der Waals surface area (Å²) in [5.41, 5.74) is 7.74. The number of ether oxygens (including phenoxy) is 1. The molecule has 0 spiro atoms. The Balaban J connectivity index is 1.70. The van der Waals surface area contributed by atoms with Crippen LogP contribution in [0.25, 0.3) is 0 Å². The third-order valence-corrected chi connectivity index (χ3v) is 5.66. The maximum atomic E-state index is 13.1. The van der Waals surface area contributed by atoms with Crippen LogP contribution in [0, 0.1) is 5.82 Å². The highest BCUT2D eigenvalue weighted by molar-refractivity contribution is 7.99. The van der Waals surface area contributed by atoms with Crippen molar-refractivity contribution in [2.45, 2.75) is 18.5 Å². The molecule has 0 heterocycles. The van der Waals surface area contributed by atoms with Gasteiger partial charge in [-0.3, -0.25) is 4.79 Å². The van der Waals surface area contributed by atoms with Crippen LogP contribution in [-0.4, -0.2) is 42.0 Å². The van der Waals surface area contributed by atoms with E-state index in [4.69, 9.17) is 10.5 Å². The molecule has 0 aromatic heterocycles. The number of aliphatic hydroxyl groups is 1. The third-order valence-electron chi connectivity index (χ3n) is 5.22. The van der Waals surface area contributed by atoms with Gasteiger partial charge in [0.05, 0.1) is 17.7 Å². The smallest absolute Gasteiger partial charge is 0.338 e. The van der Waals surface area contributed by atoms with Crippen molar-refractivity contribution in [3.63, 3.8) is 0 Å². The summed E-state index contributed by atoms with van der Waals surface area (Å²) < 4.78 is 21.5. The van der Waals surface area contributed by atoms with E-state index in [1.165, 1.54) is 30.1 Å². The van der Waals surface area contributed by atoms with E-state index in [1.54, 1.807) is 24.3 Å². The first-order valence-corrected chi connectivity index (χ1v) is 12.1. The number of hydrogen-bond donors (Lipinski definition) is 4. The summed E-state index contributed by atoms with van der Waals surface area (Å²) >= 11 is 1.31. The van der Waals surface area contributed by atoms with Crippen molar-refractivity contribution < 1.29 is 23.8 Å². The molecule has 1 amide bonds. The number of amides is 1. The first kappa shape index (κ1) is 26.2. The van der Waals surface area contributed by atoms with Gasteiger partial charge in [-0.05, 0) is 47.9 Å². The molecule has 9 heteroatoms. The Morgan fingerprint density at radius 2 is 1.71 bits per heavy atom. The van der Waals surface area contributed by atoms with Gasteiger partial charge < -0.3 is 25.6 Å². The monoisotopic (exact) mass is 497 g/mol. The molecule has 3 rings (SSSR count). The van der Waals surface area contributed by atoms with Gasteiger partial charge in [-0.1, -0.05) is 54.4 Å². The zero-order valence-electron chi connectivity index (χ0n) is 19.3. The predicted octanol–water partition coefficient (Wildman–Crippen LogP) is 3.53. The molecule has 0 radical (unpaired) electrons. The number of hydrogen-bond acceptors (Lipinski definition) is 7. The molecule has 0 fully saturated rings. The van der Waals surface area contributed by atoms with Gasteiger partial charge in [0, 0.05) is 24.1 Å². The summed E-state index contributed by atoms with van der Waals surface area (Å²) in [7, 11) is 0. The molecule has 0 aliphatic rings. The lowest BCUT2D eigenvalue weighted by Crippen LogP contribution is -2.50. The highest BCUT2D eigenvalue weighted by atomic mass is 32.2. The second-order valence-corrected chi connectivity index (χ2v) is 8.79. The number of benzene rings is 3. The number of nitrogens with one attached hydrogen (secondary N) is 2. The molecule has 35 heavy (non-hydrogen) atoms. The Labute approximate surface area is 208 Å². The van der Waals surface area contributed by atoms with Crippen LogP contribution < -0.4 is 15.8 Å². The van der Waals surface area contributed by atoms with E-state index < -0.39 is 17.4 Å². The molecule has 3 aromatic carbocycles. The first-order chi connectivity index (χ1) is 16.8. The highest BCUT2D eigenvalue weighted by Gasteiger charge is 2.27. The lowest BCUT2D eigenvalue weighted by atomic mass is 9.93. The van der Waals surface area contributed by atoms with Crippen LogP contribution >= 0.6 is 11.9 Å². The van der Waals surface area contributed by atoms with E-state index in [0.717, 1.165) is 11.1 Å². The minimum atomic E-state index is -1.15. The SMILES string of the molecule is CSNc1cc(C(=O)NCc2ccc(F)cc2)cc(C(=O)OCC(N)(CO)Cc2ccccc2)c1.